The van der Waals surface area contributed by atoms with Gasteiger partial charge in [0.25, 0.3) is 0 Å². The maximum absolute atomic E-state index is 2.52. The lowest BCUT2D eigenvalue weighted by molar-refractivity contribution is 0.216. The van der Waals surface area contributed by atoms with E-state index in [1.165, 1.54) is 25.9 Å². The summed E-state index contributed by atoms with van der Waals surface area (Å²) < 4.78 is 0. The minimum Gasteiger partial charge on any atom is -0.295 e. The molecule has 0 bridgehead atoms. The number of nitrogens with zero attached hydrogens (tertiary/aromatic N) is 1. The lowest BCUT2D eigenvalue weighted by Crippen LogP contribution is -2.37. The molecule has 0 aromatic heterocycles. The molecule has 2 fully saturated rings. The molecule has 2 saturated heterocycles. The van der Waals surface area contributed by atoms with Crippen molar-refractivity contribution in [3.63, 3.8) is 0 Å². The van der Waals surface area contributed by atoms with Gasteiger partial charge in [0, 0.05) is 12.6 Å². The van der Waals surface area contributed by atoms with E-state index >= 15 is 0 Å². The van der Waals surface area contributed by atoms with E-state index < -0.39 is 0 Å². The van der Waals surface area contributed by atoms with Crippen molar-refractivity contribution >= 4 is 0 Å². The first-order valence-electron chi connectivity index (χ1n) is 3.48. The van der Waals surface area contributed by atoms with Gasteiger partial charge in [-0.05, 0) is 25.3 Å². The largest absolute Gasteiger partial charge is 0.295 e. The summed E-state index contributed by atoms with van der Waals surface area (Å²) in [6.45, 7) is 5.03. The van der Waals surface area contributed by atoms with E-state index in [-0.39, 0.29) is 0 Å². The maximum atomic E-state index is 2.52. The molecule has 0 N–H and O–H groups in total. The fraction of sp³-hybridized carbons (Fsp3) is 0.857. The van der Waals surface area contributed by atoms with Crippen LogP contribution in [0.4, 0.5) is 0 Å². The fourth-order valence-corrected chi connectivity index (χ4v) is 1.73. The summed E-state index contributed by atoms with van der Waals surface area (Å²) in [4.78, 5) is 2.52. The molecule has 0 aliphatic carbocycles. The summed E-state index contributed by atoms with van der Waals surface area (Å²) in [5, 5.41) is 0. The van der Waals surface area contributed by atoms with Gasteiger partial charge in [0.1, 0.15) is 0 Å². The number of hydrogen-bond acceptors (Lipinski definition) is 1. The average Bonchev–Trinajstić information content (AvgIpc) is 1.80. The third-order valence-corrected chi connectivity index (χ3v) is 2.44. The Morgan fingerprint density at radius 2 is 2.38 bits per heavy atom. The Bertz CT molecular complexity index is 94.6. The molecule has 1 nitrogen and oxygen atoms in total. The molecular formula is C7H12N. The second-order valence-electron chi connectivity index (χ2n) is 2.92. The molecule has 1 heteroatoms. The molecule has 2 rings (SSSR count). The highest BCUT2D eigenvalue weighted by Gasteiger charge is 2.38. The van der Waals surface area contributed by atoms with Crippen molar-refractivity contribution in [1.82, 2.24) is 4.90 Å². The smallest absolute Gasteiger partial charge is 0.0434 e. The van der Waals surface area contributed by atoms with Crippen LogP contribution in [-0.2, 0) is 0 Å². The van der Waals surface area contributed by atoms with Crippen molar-refractivity contribution in [3.8, 4) is 0 Å². The first-order valence-corrected chi connectivity index (χ1v) is 3.48. The van der Waals surface area contributed by atoms with Crippen molar-refractivity contribution < 1.29 is 0 Å². The monoisotopic (exact) mass is 110 g/mol. The van der Waals surface area contributed by atoms with Gasteiger partial charge in [-0.3, -0.25) is 4.90 Å². The summed E-state index contributed by atoms with van der Waals surface area (Å²) in [5.41, 5.74) is 0. The molecule has 2 heterocycles. The zero-order chi connectivity index (χ0) is 5.56. The Labute approximate surface area is 50.7 Å². The summed E-state index contributed by atoms with van der Waals surface area (Å²) in [7, 11) is 0. The van der Waals surface area contributed by atoms with Crippen molar-refractivity contribution in [2.45, 2.75) is 19.8 Å². The molecule has 45 valence electrons. The molecule has 2 aliphatic rings. The molecule has 0 aromatic carbocycles. The Hall–Kier alpha value is -0.0400. The summed E-state index contributed by atoms with van der Waals surface area (Å²) in [6, 6.07) is 1.73. The molecule has 2 aliphatic heterocycles. The van der Waals surface area contributed by atoms with Gasteiger partial charge in [-0.15, -0.1) is 0 Å². The van der Waals surface area contributed by atoms with Gasteiger partial charge in [-0.2, -0.15) is 0 Å². The number of rotatable bonds is 0. The van der Waals surface area contributed by atoms with Gasteiger partial charge in [0.05, 0.1) is 0 Å². The van der Waals surface area contributed by atoms with Gasteiger partial charge in [-0.25, -0.2) is 0 Å². The Balaban J connectivity index is 2.05. The van der Waals surface area contributed by atoms with Crippen LogP contribution in [-0.4, -0.2) is 18.0 Å². The van der Waals surface area contributed by atoms with Crippen LogP contribution in [0.3, 0.4) is 0 Å². The highest BCUT2D eigenvalue weighted by Crippen LogP contribution is 2.39. The highest BCUT2D eigenvalue weighted by atomic mass is 15.2. The van der Waals surface area contributed by atoms with E-state index in [1.807, 2.05) is 0 Å². The third-order valence-electron chi connectivity index (χ3n) is 2.44. The third kappa shape index (κ3) is 0.455. The molecule has 1 unspecified atom stereocenters. The minimum atomic E-state index is 0.920. The van der Waals surface area contributed by atoms with Crippen molar-refractivity contribution in [3.05, 3.63) is 6.04 Å². The van der Waals surface area contributed by atoms with Gasteiger partial charge in [0.15, 0.2) is 0 Å². The van der Waals surface area contributed by atoms with Crippen LogP contribution in [0.5, 0.6) is 0 Å². The molecular weight excluding hydrogens is 98.1 g/mol. The molecule has 1 radical (unpaired) electrons. The average molecular weight is 110 g/mol. The van der Waals surface area contributed by atoms with Crippen LogP contribution in [0.15, 0.2) is 0 Å². The van der Waals surface area contributed by atoms with Crippen LogP contribution in [0.2, 0.25) is 0 Å². The molecule has 0 amide bonds. The van der Waals surface area contributed by atoms with Gasteiger partial charge >= 0.3 is 0 Å². The van der Waals surface area contributed by atoms with Crippen molar-refractivity contribution in [2.24, 2.45) is 5.92 Å². The van der Waals surface area contributed by atoms with E-state index in [0.29, 0.717) is 0 Å². The normalized spacial score (nSPS) is 39.4. The lowest BCUT2D eigenvalue weighted by atomic mass is 9.95. The topological polar surface area (TPSA) is 3.24 Å². The fourth-order valence-electron chi connectivity index (χ4n) is 1.73. The number of hydrogen-bond donors (Lipinski definition) is 0. The zero-order valence-corrected chi connectivity index (χ0v) is 5.35. The van der Waals surface area contributed by atoms with E-state index in [9.17, 15) is 0 Å². The Kier molecular flexibility index (Phi) is 0.884. The predicted octanol–water partition coefficient (Wildman–Crippen LogP) is 1.26. The van der Waals surface area contributed by atoms with Gasteiger partial charge in [0.2, 0.25) is 0 Å². The van der Waals surface area contributed by atoms with Crippen LogP contribution in [0, 0.1) is 12.0 Å². The van der Waals surface area contributed by atoms with E-state index in [4.69, 9.17) is 0 Å². The van der Waals surface area contributed by atoms with Crippen LogP contribution in [0.1, 0.15) is 19.8 Å². The molecule has 0 spiro atoms. The summed E-state index contributed by atoms with van der Waals surface area (Å²) in [6.07, 6.45) is 2.80. The highest BCUT2D eigenvalue weighted by molar-refractivity contribution is 5.07. The van der Waals surface area contributed by atoms with E-state index in [0.717, 1.165) is 5.92 Å². The second kappa shape index (κ2) is 1.47. The van der Waals surface area contributed by atoms with Crippen LogP contribution >= 0.6 is 0 Å². The summed E-state index contributed by atoms with van der Waals surface area (Å²) in [5.74, 6) is 0.920. The first-order chi connectivity index (χ1) is 3.88. The zero-order valence-electron chi connectivity index (χ0n) is 5.35. The van der Waals surface area contributed by atoms with Gasteiger partial charge < -0.3 is 0 Å². The predicted molar refractivity (Wildman–Crippen MR) is 33.2 cm³/mol. The van der Waals surface area contributed by atoms with Crippen LogP contribution < -0.4 is 0 Å². The second-order valence-corrected chi connectivity index (χ2v) is 2.92. The van der Waals surface area contributed by atoms with Gasteiger partial charge in [-0.1, -0.05) is 6.92 Å². The summed E-state index contributed by atoms with van der Waals surface area (Å²) >= 11 is 0. The lowest BCUT2D eigenvalue weighted by Gasteiger charge is -2.35. The maximum Gasteiger partial charge on any atom is 0.0434 e. The number of fused-ring (bicyclic) bond motifs is 1. The molecule has 8 heavy (non-hydrogen) atoms. The minimum absolute atomic E-state index is 0.920. The van der Waals surface area contributed by atoms with E-state index in [2.05, 4.69) is 11.8 Å². The van der Waals surface area contributed by atoms with E-state index in [1.54, 1.807) is 6.04 Å². The van der Waals surface area contributed by atoms with Crippen molar-refractivity contribution in [1.29, 1.82) is 0 Å². The first kappa shape index (κ1) is 4.80. The quantitative estimate of drug-likeness (QED) is 0.454. The Morgan fingerprint density at radius 3 is 2.62 bits per heavy atom. The molecule has 0 saturated carbocycles. The van der Waals surface area contributed by atoms with Crippen LogP contribution in [0.25, 0.3) is 0 Å². The molecule has 0 aromatic rings. The Morgan fingerprint density at radius 1 is 1.50 bits per heavy atom. The van der Waals surface area contributed by atoms with Crippen molar-refractivity contribution in [2.75, 3.05) is 13.1 Å². The SMILES string of the molecule is CC1CCN2CC[C]12. The standard InChI is InChI=1S/C7H12N/c1-6-2-4-8-5-3-7(6)8/h6H,2-5H2,1H3. The molecule has 1 atom stereocenters.